The zero-order valence-electron chi connectivity index (χ0n) is 10.1. The Hall–Kier alpha value is -2.10. The van der Waals surface area contributed by atoms with Gasteiger partial charge in [0.1, 0.15) is 0 Å². The van der Waals surface area contributed by atoms with Gasteiger partial charge in [-0.2, -0.15) is 5.11 Å². The summed E-state index contributed by atoms with van der Waals surface area (Å²) < 4.78 is 26.6. The molecule has 92 valence electrons. The van der Waals surface area contributed by atoms with Gasteiger partial charge in [0.2, 0.25) is 0 Å². The van der Waals surface area contributed by atoms with Crippen molar-refractivity contribution in [3.05, 3.63) is 59.2 Å². The second kappa shape index (κ2) is 5.04. The summed E-state index contributed by atoms with van der Waals surface area (Å²) in [5, 5.41) is 7.50. The third-order valence-corrected chi connectivity index (χ3v) is 2.41. The van der Waals surface area contributed by atoms with E-state index in [4.69, 9.17) is 0 Å². The van der Waals surface area contributed by atoms with Crippen molar-refractivity contribution in [1.29, 1.82) is 0 Å². The van der Waals surface area contributed by atoms with E-state index in [-0.39, 0.29) is 5.69 Å². The highest BCUT2D eigenvalue weighted by Gasteiger charge is 2.06. The Kier molecular flexibility index (Phi) is 3.46. The van der Waals surface area contributed by atoms with E-state index in [1.54, 1.807) is 12.1 Å². The molecule has 0 saturated carbocycles. The van der Waals surface area contributed by atoms with E-state index < -0.39 is 11.6 Å². The Bertz CT molecular complexity index is 566. The fourth-order valence-corrected chi connectivity index (χ4v) is 1.70. The van der Waals surface area contributed by atoms with Crippen LogP contribution in [0.15, 0.2) is 46.6 Å². The van der Waals surface area contributed by atoms with E-state index in [2.05, 4.69) is 10.2 Å². The van der Waals surface area contributed by atoms with Gasteiger partial charge in [0, 0.05) is 0 Å². The van der Waals surface area contributed by atoms with Crippen molar-refractivity contribution in [2.45, 2.75) is 13.8 Å². The highest BCUT2D eigenvalue weighted by molar-refractivity contribution is 5.45. The van der Waals surface area contributed by atoms with E-state index in [0.717, 1.165) is 23.3 Å². The monoisotopic (exact) mass is 246 g/mol. The first-order valence-electron chi connectivity index (χ1n) is 5.50. The summed E-state index contributed by atoms with van der Waals surface area (Å²) in [6.45, 7) is 3.85. The first-order valence-corrected chi connectivity index (χ1v) is 5.50. The zero-order valence-corrected chi connectivity index (χ0v) is 10.1. The molecule has 0 fully saturated rings. The van der Waals surface area contributed by atoms with Gasteiger partial charge in [0.05, 0.1) is 5.69 Å². The third-order valence-electron chi connectivity index (χ3n) is 2.41. The van der Waals surface area contributed by atoms with Gasteiger partial charge in [-0.05, 0) is 49.2 Å². The minimum Gasteiger partial charge on any atom is -0.204 e. The number of aryl methyl sites for hydroxylation is 2. The van der Waals surface area contributed by atoms with Gasteiger partial charge in [-0.1, -0.05) is 12.1 Å². The maximum atomic E-state index is 13.3. The summed E-state index contributed by atoms with van der Waals surface area (Å²) in [5.41, 5.74) is 2.27. The minimum absolute atomic E-state index is 0.364. The molecule has 2 aromatic carbocycles. The van der Waals surface area contributed by atoms with Crippen LogP contribution in [-0.4, -0.2) is 0 Å². The SMILES string of the molecule is Cc1cc(C)cc(N=Nc2c(F)cccc2F)c1. The van der Waals surface area contributed by atoms with Gasteiger partial charge in [0.25, 0.3) is 0 Å². The van der Waals surface area contributed by atoms with Crippen LogP contribution in [0, 0.1) is 25.5 Å². The summed E-state index contributed by atoms with van der Waals surface area (Å²) in [5.74, 6) is -1.44. The fraction of sp³-hybridized carbons (Fsp3) is 0.143. The predicted molar refractivity (Wildman–Crippen MR) is 66.5 cm³/mol. The Balaban J connectivity index is 2.36. The number of azo groups is 1. The summed E-state index contributed by atoms with van der Waals surface area (Å²) in [6.07, 6.45) is 0. The van der Waals surface area contributed by atoms with Crippen LogP contribution >= 0.6 is 0 Å². The maximum Gasteiger partial charge on any atom is 0.157 e. The number of halogens is 2. The molecule has 0 aliphatic heterocycles. The largest absolute Gasteiger partial charge is 0.204 e. The van der Waals surface area contributed by atoms with Gasteiger partial charge in [0.15, 0.2) is 17.3 Å². The van der Waals surface area contributed by atoms with Crippen LogP contribution in [0.25, 0.3) is 0 Å². The topological polar surface area (TPSA) is 24.7 Å². The summed E-state index contributed by atoms with van der Waals surface area (Å²) >= 11 is 0. The Morgan fingerprint density at radius 1 is 0.833 bits per heavy atom. The van der Waals surface area contributed by atoms with Gasteiger partial charge in [-0.25, -0.2) is 8.78 Å². The fourth-order valence-electron chi connectivity index (χ4n) is 1.70. The smallest absolute Gasteiger partial charge is 0.157 e. The molecule has 0 heterocycles. The molecule has 0 aromatic heterocycles. The van der Waals surface area contributed by atoms with Gasteiger partial charge in [-0.15, -0.1) is 5.11 Å². The molecule has 0 amide bonds. The highest BCUT2D eigenvalue weighted by Crippen LogP contribution is 2.25. The Morgan fingerprint density at radius 3 is 1.94 bits per heavy atom. The van der Waals surface area contributed by atoms with Crippen LogP contribution in [0.1, 0.15) is 11.1 Å². The molecule has 0 saturated heterocycles. The van der Waals surface area contributed by atoms with Crippen molar-refractivity contribution in [3.63, 3.8) is 0 Å². The standard InChI is InChI=1S/C14H12F2N2/c1-9-6-10(2)8-11(7-9)17-18-14-12(15)4-3-5-13(14)16/h3-8H,1-2H3. The van der Waals surface area contributed by atoms with Crippen LogP contribution in [0.4, 0.5) is 20.2 Å². The molecule has 2 rings (SSSR count). The highest BCUT2D eigenvalue weighted by atomic mass is 19.1. The summed E-state index contributed by atoms with van der Waals surface area (Å²) in [6, 6.07) is 9.19. The number of nitrogens with zero attached hydrogens (tertiary/aromatic N) is 2. The lowest BCUT2D eigenvalue weighted by atomic mass is 10.1. The van der Waals surface area contributed by atoms with E-state index >= 15 is 0 Å². The third kappa shape index (κ3) is 2.77. The number of rotatable bonds is 2. The molecule has 0 unspecified atom stereocenters. The maximum absolute atomic E-state index is 13.3. The summed E-state index contributed by atoms with van der Waals surface area (Å²) in [7, 11) is 0. The van der Waals surface area contributed by atoms with E-state index in [0.29, 0.717) is 5.69 Å². The van der Waals surface area contributed by atoms with Crippen molar-refractivity contribution < 1.29 is 8.78 Å². The lowest BCUT2D eigenvalue weighted by molar-refractivity contribution is 0.585. The molecule has 0 atom stereocenters. The molecule has 0 bridgehead atoms. The van der Waals surface area contributed by atoms with Gasteiger partial charge >= 0.3 is 0 Å². The van der Waals surface area contributed by atoms with Crippen LogP contribution in [-0.2, 0) is 0 Å². The van der Waals surface area contributed by atoms with Crippen LogP contribution in [0.2, 0.25) is 0 Å². The van der Waals surface area contributed by atoms with Crippen molar-refractivity contribution in [3.8, 4) is 0 Å². The zero-order chi connectivity index (χ0) is 13.1. The lowest BCUT2D eigenvalue weighted by Crippen LogP contribution is -1.80. The van der Waals surface area contributed by atoms with Crippen LogP contribution in [0.3, 0.4) is 0 Å². The van der Waals surface area contributed by atoms with E-state index in [1.165, 1.54) is 6.07 Å². The average molecular weight is 246 g/mol. The number of hydrogen-bond acceptors (Lipinski definition) is 2. The summed E-state index contributed by atoms with van der Waals surface area (Å²) in [4.78, 5) is 0. The molecule has 0 spiro atoms. The van der Waals surface area contributed by atoms with Gasteiger partial charge < -0.3 is 0 Å². The Morgan fingerprint density at radius 2 is 1.39 bits per heavy atom. The minimum atomic E-state index is -0.719. The average Bonchev–Trinajstić information content (AvgIpc) is 2.27. The quantitative estimate of drug-likeness (QED) is 0.666. The first-order chi connectivity index (χ1) is 8.56. The molecule has 0 N–H and O–H groups in total. The first kappa shape index (κ1) is 12.4. The molecule has 2 nitrogen and oxygen atoms in total. The number of benzene rings is 2. The van der Waals surface area contributed by atoms with E-state index in [9.17, 15) is 8.78 Å². The molecular formula is C14H12F2N2. The molecule has 0 radical (unpaired) electrons. The molecule has 4 heteroatoms. The van der Waals surface area contributed by atoms with Crippen LogP contribution in [0.5, 0.6) is 0 Å². The molecule has 0 aliphatic rings. The molecular weight excluding hydrogens is 234 g/mol. The van der Waals surface area contributed by atoms with E-state index in [1.807, 2.05) is 19.9 Å². The Labute approximate surface area is 104 Å². The van der Waals surface area contributed by atoms with Crippen molar-refractivity contribution in [2.75, 3.05) is 0 Å². The normalized spacial score (nSPS) is 11.1. The second-order valence-electron chi connectivity index (χ2n) is 4.12. The van der Waals surface area contributed by atoms with Crippen molar-refractivity contribution in [1.82, 2.24) is 0 Å². The second-order valence-corrected chi connectivity index (χ2v) is 4.12. The van der Waals surface area contributed by atoms with Gasteiger partial charge in [-0.3, -0.25) is 0 Å². The molecule has 18 heavy (non-hydrogen) atoms. The number of hydrogen-bond donors (Lipinski definition) is 0. The van der Waals surface area contributed by atoms with Crippen molar-refractivity contribution in [2.24, 2.45) is 10.2 Å². The predicted octanol–water partition coefficient (Wildman–Crippen LogP) is 5.00. The molecule has 2 aromatic rings. The van der Waals surface area contributed by atoms with Crippen molar-refractivity contribution >= 4 is 11.4 Å². The molecule has 0 aliphatic carbocycles. The van der Waals surface area contributed by atoms with Crippen LogP contribution < -0.4 is 0 Å². The lowest BCUT2D eigenvalue weighted by Gasteiger charge is -2.00.